The number of benzene rings is 2. The monoisotopic (exact) mass is 240 g/mol. The Bertz CT molecular complexity index is 483. The van der Waals surface area contributed by atoms with E-state index < -0.39 is 0 Å². The van der Waals surface area contributed by atoms with Gasteiger partial charge in [0.2, 0.25) is 6.23 Å². The number of rotatable bonds is 3. The fourth-order valence-electron chi connectivity index (χ4n) is 2.56. The summed E-state index contributed by atoms with van der Waals surface area (Å²) >= 11 is 0. The van der Waals surface area contributed by atoms with Gasteiger partial charge >= 0.3 is 0 Å². The summed E-state index contributed by atoms with van der Waals surface area (Å²) in [5.41, 5.74) is 2.65. The van der Waals surface area contributed by atoms with E-state index in [1.807, 2.05) is 0 Å². The molecule has 0 saturated carbocycles. The highest BCUT2D eigenvalue weighted by atomic mass is 16.5. The summed E-state index contributed by atoms with van der Waals surface area (Å²) in [5, 5.41) is 0. The highest BCUT2D eigenvalue weighted by Crippen LogP contribution is 2.14. The lowest BCUT2D eigenvalue weighted by Crippen LogP contribution is -3.09. The van der Waals surface area contributed by atoms with Crippen molar-refractivity contribution in [1.29, 1.82) is 0 Å². The van der Waals surface area contributed by atoms with Gasteiger partial charge in [0.15, 0.2) is 0 Å². The molecule has 1 saturated heterocycles. The predicted molar refractivity (Wildman–Crippen MR) is 71.1 cm³/mol. The van der Waals surface area contributed by atoms with Crippen LogP contribution in [-0.2, 0) is 11.3 Å². The molecule has 1 aliphatic rings. The second-order valence-electron chi connectivity index (χ2n) is 4.73. The van der Waals surface area contributed by atoms with Gasteiger partial charge in [0.05, 0.1) is 0 Å². The van der Waals surface area contributed by atoms with Crippen LogP contribution in [0.25, 0.3) is 0 Å². The highest BCUT2D eigenvalue weighted by Gasteiger charge is 2.30. The first kappa shape index (κ1) is 11.5. The molecule has 2 unspecified atom stereocenters. The van der Waals surface area contributed by atoms with E-state index in [0.29, 0.717) is 0 Å². The molecule has 0 radical (unpaired) electrons. The molecule has 2 aromatic rings. The van der Waals surface area contributed by atoms with Gasteiger partial charge in [0.1, 0.15) is 19.7 Å². The molecule has 2 atom stereocenters. The average Bonchev–Trinajstić information content (AvgIpc) is 2.89. The van der Waals surface area contributed by atoms with Crippen LogP contribution in [0.5, 0.6) is 0 Å². The first-order valence-electron chi connectivity index (χ1n) is 6.48. The van der Waals surface area contributed by atoms with Crippen molar-refractivity contribution in [1.82, 2.24) is 0 Å². The molecule has 92 valence electrons. The van der Waals surface area contributed by atoms with Gasteiger partial charge in [-0.05, 0) is 0 Å². The standard InChI is InChI=1S/C16H17NO/c1-3-7-14(8-4-1)13-17-11-12-18-16(17)15-9-5-2-6-10-15/h1-10,16H,11-13H2/p+1. The largest absolute Gasteiger partial charge is 0.319 e. The van der Waals surface area contributed by atoms with Crippen molar-refractivity contribution in [3.8, 4) is 0 Å². The summed E-state index contributed by atoms with van der Waals surface area (Å²) in [6.07, 6.45) is 0.186. The van der Waals surface area contributed by atoms with Crippen LogP contribution in [0.15, 0.2) is 60.7 Å². The SMILES string of the molecule is c1ccc(C[NH+]2CCOC2c2ccccc2)cc1. The van der Waals surface area contributed by atoms with Crippen molar-refractivity contribution in [2.24, 2.45) is 0 Å². The minimum absolute atomic E-state index is 0.186. The van der Waals surface area contributed by atoms with Gasteiger partial charge in [-0.25, -0.2) is 0 Å². The number of quaternary nitrogens is 1. The maximum absolute atomic E-state index is 5.89. The Balaban J connectivity index is 1.76. The van der Waals surface area contributed by atoms with Crippen molar-refractivity contribution in [2.75, 3.05) is 13.2 Å². The van der Waals surface area contributed by atoms with Crippen LogP contribution < -0.4 is 4.90 Å². The quantitative estimate of drug-likeness (QED) is 0.863. The molecule has 2 heteroatoms. The third kappa shape index (κ3) is 2.45. The van der Waals surface area contributed by atoms with Gasteiger partial charge in [0.25, 0.3) is 0 Å². The molecule has 0 spiro atoms. The predicted octanol–water partition coefficient (Wildman–Crippen LogP) is 1.80. The zero-order valence-corrected chi connectivity index (χ0v) is 10.4. The lowest BCUT2D eigenvalue weighted by atomic mass is 10.1. The lowest BCUT2D eigenvalue weighted by molar-refractivity contribution is -0.944. The van der Waals surface area contributed by atoms with E-state index in [1.165, 1.54) is 16.0 Å². The lowest BCUT2D eigenvalue weighted by Gasteiger charge is -2.20. The minimum atomic E-state index is 0.186. The van der Waals surface area contributed by atoms with E-state index in [4.69, 9.17) is 4.74 Å². The van der Waals surface area contributed by atoms with Gasteiger partial charge in [-0.15, -0.1) is 0 Å². The smallest absolute Gasteiger partial charge is 0.219 e. The van der Waals surface area contributed by atoms with Crippen LogP contribution in [0.2, 0.25) is 0 Å². The maximum atomic E-state index is 5.89. The molecule has 0 aliphatic carbocycles. The molecule has 1 aliphatic heterocycles. The zero-order valence-electron chi connectivity index (χ0n) is 10.4. The van der Waals surface area contributed by atoms with Crippen LogP contribution >= 0.6 is 0 Å². The summed E-state index contributed by atoms with van der Waals surface area (Å²) in [6.45, 7) is 2.95. The first-order valence-corrected chi connectivity index (χ1v) is 6.48. The summed E-state index contributed by atoms with van der Waals surface area (Å²) in [6, 6.07) is 21.2. The normalized spacial score (nSPS) is 23.1. The molecule has 0 aromatic heterocycles. The first-order chi connectivity index (χ1) is 8.93. The second-order valence-corrected chi connectivity index (χ2v) is 4.73. The zero-order chi connectivity index (χ0) is 12.2. The molecule has 3 rings (SSSR count). The van der Waals surface area contributed by atoms with Crippen molar-refractivity contribution in [2.45, 2.75) is 12.8 Å². The molecule has 0 amide bonds. The van der Waals surface area contributed by atoms with Gasteiger partial charge in [-0.1, -0.05) is 60.7 Å². The summed E-state index contributed by atoms with van der Waals surface area (Å²) in [7, 11) is 0. The fraction of sp³-hybridized carbons (Fsp3) is 0.250. The van der Waals surface area contributed by atoms with E-state index in [1.54, 1.807) is 0 Å². The molecular formula is C16H18NO+. The summed E-state index contributed by atoms with van der Waals surface area (Å²) in [4.78, 5) is 1.49. The van der Waals surface area contributed by atoms with Crippen LogP contribution in [0.4, 0.5) is 0 Å². The number of nitrogens with one attached hydrogen (secondary N) is 1. The Morgan fingerprint density at radius 1 is 0.944 bits per heavy atom. The molecule has 2 aromatic carbocycles. The van der Waals surface area contributed by atoms with E-state index >= 15 is 0 Å². The van der Waals surface area contributed by atoms with E-state index in [2.05, 4.69) is 60.7 Å². The Labute approximate surface area is 108 Å². The Hall–Kier alpha value is -1.64. The highest BCUT2D eigenvalue weighted by molar-refractivity contribution is 5.16. The Morgan fingerprint density at radius 3 is 2.33 bits per heavy atom. The van der Waals surface area contributed by atoms with E-state index in [0.717, 1.165) is 19.7 Å². The van der Waals surface area contributed by atoms with Crippen molar-refractivity contribution in [3.63, 3.8) is 0 Å². The molecule has 1 N–H and O–H groups in total. The third-order valence-electron chi connectivity index (χ3n) is 3.45. The molecule has 1 fully saturated rings. The van der Waals surface area contributed by atoms with Gasteiger partial charge in [-0.3, -0.25) is 0 Å². The second kappa shape index (κ2) is 5.34. The number of ether oxygens (including phenoxy) is 1. The van der Waals surface area contributed by atoms with Gasteiger partial charge in [-0.2, -0.15) is 0 Å². The molecule has 2 nitrogen and oxygen atoms in total. The van der Waals surface area contributed by atoms with E-state index in [-0.39, 0.29) is 6.23 Å². The molecule has 18 heavy (non-hydrogen) atoms. The summed E-state index contributed by atoms with van der Waals surface area (Å²) < 4.78 is 5.89. The molecule has 0 bridgehead atoms. The van der Waals surface area contributed by atoms with Crippen LogP contribution in [-0.4, -0.2) is 13.2 Å². The molecular weight excluding hydrogens is 222 g/mol. The third-order valence-corrected chi connectivity index (χ3v) is 3.45. The fourth-order valence-corrected chi connectivity index (χ4v) is 2.56. The van der Waals surface area contributed by atoms with Gasteiger partial charge < -0.3 is 9.64 Å². The minimum Gasteiger partial charge on any atom is -0.319 e. The number of hydrogen-bond donors (Lipinski definition) is 1. The van der Waals surface area contributed by atoms with Crippen LogP contribution in [0, 0.1) is 0 Å². The van der Waals surface area contributed by atoms with Gasteiger partial charge in [0, 0.05) is 11.1 Å². The molecule has 1 heterocycles. The summed E-state index contributed by atoms with van der Waals surface area (Å²) in [5.74, 6) is 0. The van der Waals surface area contributed by atoms with Crippen molar-refractivity contribution < 1.29 is 9.64 Å². The van der Waals surface area contributed by atoms with Crippen LogP contribution in [0.1, 0.15) is 17.4 Å². The van der Waals surface area contributed by atoms with E-state index in [9.17, 15) is 0 Å². The van der Waals surface area contributed by atoms with Crippen molar-refractivity contribution >= 4 is 0 Å². The van der Waals surface area contributed by atoms with Crippen LogP contribution in [0.3, 0.4) is 0 Å². The Morgan fingerprint density at radius 2 is 1.61 bits per heavy atom. The Kier molecular flexibility index (Phi) is 3.40. The maximum Gasteiger partial charge on any atom is 0.219 e. The van der Waals surface area contributed by atoms with Crippen molar-refractivity contribution in [3.05, 3.63) is 71.8 Å². The average molecular weight is 240 g/mol. The number of hydrogen-bond acceptors (Lipinski definition) is 1. The topological polar surface area (TPSA) is 13.7 Å².